The number of benzene rings is 1. The number of fused-ring (bicyclic) bond motifs is 1. The summed E-state index contributed by atoms with van der Waals surface area (Å²) in [6.45, 7) is 2.94. The van der Waals surface area contributed by atoms with Crippen molar-refractivity contribution < 1.29 is 9.59 Å². The first-order chi connectivity index (χ1) is 10.7. The molecule has 2 heterocycles. The largest absolute Gasteiger partial charge is 0.330 e. The highest BCUT2D eigenvalue weighted by molar-refractivity contribution is 6.21. The van der Waals surface area contributed by atoms with Crippen LogP contribution in [-0.2, 0) is 0 Å². The highest BCUT2D eigenvalue weighted by atomic mass is 35.5. The molecular formula is C17H24ClN3O2. The van der Waals surface area contributed by atoms with Crippen LogP contribution in [0.3, 0.4) is 0 Å². The zero-order valence-corrected chi connectivity index (χ0v) is 14.1. The molecule has 23 heavy (non-hydrogen) atoms. The summed E-state index contributed by atoms with van der Waals surface area (Å²) in [7, 11) is 0. The maximum absolute atomic E-state index is 12.4. The molecule has 1 aromatic rings. The van der Waals surface area contributed by atoms with Crippen LogP contribution < -0.4 is 5.73 Å². The third kappa shape index (κ3) is 3.57. The van der Waals surface area contributed by atoms with Crippen LogP contribution in [0.2, 0.25) is 0 Å². The number of piperidine rings is 1. The van der Waals surface area contributed by atoms with Gasteiger partial charge in [0, 0.05) is 19.1 Å². The standard InChI is InChI=1S/C17H23N3O2.ClH/c18-9-8-13-5-3-4-10-19(13)11-12-20-16(21)14-6-1-2-7-15(14)17(20)22;/h1-2,6-7,13H,3-5,8-12,18H2;1H. The topological polar surface area (TPSA) is 66.6 Å². The average molecular weight is 338 g/mol. The van der Waals surface area contributed by atoms with Gasteiger partial charge in [0.25, 0.3) is 11.8 Å². The van der Waals surface area contributed by atoms with Gasteiger partial charge in [-0.05, 0) is 44.5 Å². The molecule has 3 rings (SSSR count). The van der Waals surface area contributed by atoms with E-state index in [2.05, 4.69) is 4.90 Å². The monoisotopic (exact) mass is 337 g/mol. The van der Waals surface area contributed by atoms with Crippen molar-refractivity contribution in [3.05, 3.63) is 35.4 Å². The molecule has 1 fully saturated rings. The van der Waals surface area contributed by atoms with E-state index in [4.69, 9.17) is 5.73 Å². The van der Waals surface area contributed by atoms with Crippen LogP contribution in [-0.4, -0.2) is 53.8 Å². The lowest BCUT2D eigenvalue weighted by molar-refractivity contribution is 0.0605. The molecule has 1 unspecified atom stereocenters. The molecule has 0 saturated carbocycles. The van der Waals surface area contributed by atoms with Crippen LogP contribution in [0.5, 0.6) is 0 Å². The van der Waals surface area contributed by atoms with Gasteiger partial charge in [0.2, 0.25) is 0 Å². The minimum atomic E-state index is -0.159. The fourth-order valence-electron chi connectivity index (χ4n) is 3.54. The van der Waals surface area contributed by atoms with E-state index >= 15 is 0 Å². The first-order valence-electron chi connectivity index (χ1n) is 8.11. The fraction of sp³-hybridized carbons (Fsp3) is 0.529. The van der Waals surface area contributed by atoms with Gasteiger partial charge in [-0.2, -0.15) is 0 Å². The molecule has 0 spiro atoms. The van der Waals surface area contributed by atoms with Crippen LogP contribution >= 0.6 is 12.4 Å². The van der Waals surface area contributed by atoms with Gasteiger partial charge in [-0.25, -0.2) is 0 Å². The Balaban J connectivity index is 0.00000192. The lowest BCUT2D eigenvalue weighted by atomic mass is 9.99. The number of rotatable bonds is 5. The van der Waals surface area contributed by atoms with Crippen molar-refractivity contribution in [1.29, 1.82) is 0 Å². The van der Waals surface area contributed by atoms with Crippen molar-refractivity contribution in [2.24, 2.45) is 5.73 Å². The Bertz CT molecular complexity index is 542. The number of amides is 2. The lowest BCUT2D eigenvalue weighted by Gasteiger charge is -2.36. The molecule has 0 bridgehead atoms. The number of halogens is 1. The number of hydrogen-bond donors (Lipinski definition) is 1. The molecule has 1 atom stereocenters. The number of carbonyl (C=O) groups excluding carboxylic acids is 2. The highest BCUT2D eigenvalue weighted by Gasteiger charge is 2.35. The summed E-state index contributed by atoms with van der Waals surface area (Å²) < 4.78 is 0. The summed E-state index contributed by atoms with van der Waals surface area (Å²) in [6, 6.07) is 7.56. The summed E-state index contributed by atoms with van der Waals surface area (Å²) in [6.07, 6.45) is 4.58. The lowest BCUT2D eigenvalue weighted by Crippen LogP contribution is -2.45. The summed E-state index contributed by atoms with van der Waals surface area (Å²) >= 11 is 0. The quantitative estimate of drug-likeness (QED) is 0.833. The molecule has 0 radical (unpaired) electrons. The average Bonchev–Trinajstić information content (AvgIpc) is 2.79. The maximum Gasteiger partial charge on any atom is 0.261 e. The molecular weight excluding hydrogens is 314 g/mol. The summed E-state index contributed by atoms with van der Waals surface area (Å²) in [5.41, 5.74) is 6.76. The van der Waals surface area contributed by atoms with Crippen LogP contribution in [0.25, 0.3) is 0 Å². The van der Waals surface area contributed by atoms with Crippen LogP contribution in [0.15, 0.2) is 24.3 Å². The molecule has 2 aliphatic heterocycles. The van der Waals surface area contributed by atoms with E-state index in [9.17, 15) is 9.59 Å². The van der Waals surface area contributed by atoms with E-state index in [1.165, 1.54) is 24.2 Å². The predicted octanol–water partition coefficient (Wildman–Crippen LogP) is 1.91. The first-order valence-corrected chi connectivity index (χ1v) is 8.11. The molecule has 5 nitrogen and oxygen atoms in total. The van der Waals surface area contributed by atoms with Crippen molar-refractivity contribution in [2.45, 2.75) is 31.7 Å². The molecule has 1 saturated heterocycles. The van der Waals surface area contributed by atoms with Crippen molar-refractivity contribution in [3.63, 3.8) is 0 Å². The number of likely N-dealkylation sites (tertiary alicyclic amines) is 1. The Morgan fingerprint density at radius 2 is 1.70 bits per heavy atom. The highest BCUT2D eigenvalue weighted by Crippen LogP contribution is 2.23. The normalized spacial score (nSPS) is 21.3. The Labute approximate surface area is 143 Å². The fourth-order valence-corrected chi connectivity index (χ4v) is 3.54. The molecule has 1 aromatic carbocycles. The first kappa shape index (κ1) is 17.9. The summed E-state index contributed by atoms with van der Waals surface area (Å²) in [5.74, 6) is -0.319. The number of nitrogens with zero attached hydrogens (tertiary/aromatic N) is 2. The van der Waals surface area contributed by atoms with Gasteiger partial charge < -0.3 is 5.73 Å². The molecule has 126 valence electrons. The minimum Gasteiger partial charge on any atom is -0.330 e. The molecule has 6 heteroatoms. The second-order valence-electron chi connectivity index (χ2n) is 6.07. The maximum atomic E-state index is 12.4. The van der Waals surface area contributed by atoms with Gasteiger partial charge in [-0.15, -0.1) is 12.4 Å². The Morgan fingerprint density at radius 3 is 2.30 bits per heavy atom. The van der Waals surface area contributed by atoms with E-state index in [1.807, 2.05) is 0 Å². The third-order valence-corrected chi connectivity index (χ3v) is 4.74. The van der Waals surface area contributed by atoms with Gasteiger partial charge >= 0.3 is 0 Å². The summed E-state index contributed by atoms with van der Waals surface area (Å²) in [5, 5.41) is 0. The SMILES string of the molecule is Cl.NCCC1CCCCN1CCN1C(=O)c2ccccc2C1=O. The molecule has 2 amide bonds. The van der Waals surface area contributed by atoms with Gasteiger partial charge in [-0.1, -0.05) is 18.6 Å². The van der Waals surface area contributed by atoms with Gasteiger partial charge in [0.1, 0.15) is 0 Å². The minimum absolute atomic E-state index is 0. The van der Waals surface area contributed by atoms with Gasteiger partial charge in [-0.3, -0.25) is 19.4 Å². The van der Waals surface area contributed by atoms with E-state index < -0.39 is 0 Å². The second kappa shape index (κ2) is 7.90. The van der Waals surface area contributed by atoms with Crippen LogP contribution in [0, 0.1) is 0 Å². The summed E-state index contributed by atoms with van der Waals surface area (Å²) in [4.78, 5) is 28.5. The van der Waals surface area contributed by atoms with Crippen molar-refractivity contribution in [1.82, 2.24) is 9.80 Å². The molecule has 0 aromatic heterocycles. The number of hydrogen-bond acceptors (Lipinski definition) is 4. The molecule has 0 aliphatic carbocycles. The third-order valence-electron chi connectivity index (χ3n) is 4.74. The zero-order valence-electron chi connectivity index (χ0n) is 13.2. The Kier molecular flexibility index (Phi) is 6.16. The van der Waals surface area contributed by atoms with Gasteiger partial charge in [0.05, 0.1) is 11.1 Å². The number of imide groups is 1. The van der Waals surface area contributed by atoms with Crippen molar-refractivity contribution in [2.75, 3.05) is 26.2 Å². The van der Waals surface area contributed by atoms with Crippen LogP contribution in [0.4, 0.5) is 0 Å². The predicted molar refractivity (Wildman–Crippen MR) is 91.9 cm³/mol. The van der Waals surface area contributed by atoms with E-state index in [0.717, 1.165) is 19.5 Å². The van der Waals surface area contributed by atoms with E-state index in [1.54, 1.807) is 24.3 Å². The van der Waals surface area contributed by atoms with Crippen molar-refractivity contribution in [3.8, 4) is 0 Å². The van der Waals surface area contributed by atoms with Crippen molar-refractivity contribution >= 4 is 24.2 Å². The zero-order chi connectivity index (χ0) is 15.5. The smallest absolute Gasteiger partial charge is 0.261 e. The van der Waals surface area contributed by atoms with Gasteiger partial charge in [0.15, 0.2) is 0 Å². The Morgan fingerprint density at radius 1 is 1.04 bits per heavy atom. The molecule has 2 aliphatic rings. The number of carbonyl (C=O) groups is 2. The second-order valence-corrected chi connectivity index (χ2v) is 6.07. The van der Waals surface area contributed by atoms with E-state index in [-0.39, 0.29) is 24.2 Å². The molecule has 2 N–H and O–H groups in total. The van der Waals surface area contributed by atoms with E-state index in [0.29, 0.717) is 30.3 Å². The Hall–Kier alpha value is -1.43. The van der Waals surface area contributed by atoms with Crippen LogP contribution in [0.1, 0.15) is 46.4 Å². The number of nitrogens with two attached hydrogens (primary N) is 1.